The molecule has 0 amide bonds. The second kappa shape index (κ2) is 12.5. The van der Waals surface area contributed by atoms with Crippen LogP contribution in [0.1, 0.15) is 53.9 Å². The molecule has 31 heavy (non-hydrogen) atoms. The molecule has 0 spiro atoms. The monoisotopic (exact) mass is 442 g/mol. The molecule has 0 radical (unpaired) electrons. The Kier molecular flexibility index (Phi) is 11.1. The molecule has 0 saturated carbocycles. The van der Waals surface area contributed by atoms with Gasteiger partial charge in [0.05, 0.1) is 18.3 Å². The fraction of sp³-hybridized carbons (Fsp3) is 0.696. The molecule has 1 aliphatic heterocycles. The van der Waals surface area contributed by atoms with E-state index >= 15 is 0 Å². The Hall–Kier alpha value is -1.55. The van der Waals surface area contributed by atoms with Gasteiger partial charge in [-0.15, -0.1) is 6.58 Å². The number of hydrogen-bond donors (Lipinski definition) is 4. The maximum absolute atomic E-state index is 11.5. The van der Waals surface area contributed by atoms with Gasteiger partial charge in [0, 0.05) is 6.92 Å². The number of aliphatic hydroxyl groups excluding tert-OH is 3. The zero-order valence-corrected chi connectivity index (χ0v) is 19.2. The van der Waals surface area contributed by atoms with Crippen molar-refractivity contribution in [1.29, 1.82) is 0 Å². The first-order chi connectivity index (χ1) is 14.4. The molecule has 1 fully saturated rings. The van der Waals surface area contributed by atoms with Crippen LogP contribution in [0.25, 0.3) is 0 Å². The van der Waals surface area contributed by atoms with Crippen LogP contribution >= 0.6 is 0 Å². The number of hydrogen-bond acceptors (Lipinski definition) is 8. The minimum Gasteiger partial charge on any atom is -0.454 e. The van der Waals surface area contributed by atoms with Crippen LogP contribution < -0.4 is 0 Å². The topological polar surface area (TPSA) is 126 Å². The molecule has 8 nitrogen and oxygen atoms in total. The Morgan fingerprint density at radius 2 is 1.87 bits per heavy atom. The van der Waals surface area contributed by atoms with Crippen molar-refractivity contribution < 1.29 is 39.4 Å². The summed E-state index contributed by atoms with van der Waals surface area (Å²) in [6.07, 6.45) is 0.247. The first kappa shape index (κ1) is 27.5. The van der Waals surface area contributed by atoms with Crippen molar-refractivity contribution in [3.63, 3.8) is 0 Å². The molecule has 1 heterocycles. The average Bonchev–Trinajstić information content (AvgIpc) is 2.66. The minimum atomic E-state index is -1.47. The van der Waals surface area contributed by atoms with Gasteiger partial charge in [0.2, 0.25) is 0 Å². The van der Waals surface area contributed by atoms with Crippen molar-refractivity contribution in [2.75, 3.05) is 6.61 Å². The fourth-order valence-electron chi connectivity index (χ4n) is 3.29. The summed E-state index contributed by atoms with van der Waals surface area (Å²) in [5, 5.41) is 40.0. The molecular weight excluding hydrogens is 404 g/mol. The fourth-order valence-corrected chi connectivity index (χ4v) is 3.29. The first-order valence-corrected chi connectivity index (χ1v) is 10.5. The van der Waals surface area contributed by atoms with E-state index in [9.17, 15) is 25.2 Å². The average molecular weight is 443 g/mol. The SMILES string of the molecule is C=C[C@](C)(O)CC/C=C(\C)C[C@@H](C=C(C)C)O[C@@H]1O[C@H](CO)[C@@H](O)[C@H](O)[C@H]1OC(C)=O. The quantitative estimate of drug-likeness (QED) is 0.282. The molecule has 1 rings (SSSR count). The molecule has 0 unspecified atom stereocenters. The van der Waals surface area contributed by atoms with Crippen LogP contribution in [-0.2, 0) is 19.0 Å². The molecule has 7 atom stereocenters. The van der Waals surface area contributed by atoms with Crippen molar-refractivity contribution in [2.45, 2.75) is 96.3 Å². The van der Waals surface area contributed by atoms with E-state index in [0.29, 0.717) is 19.3 Å². The van der Waals surface area contributed by atoms with E-state index in [1.54, 1.807) is 6.92 Å². The van der Waals surface area contributed by atoms with Crippen molar-refractivity contribution >= 4 is 5.97 Å². The predicted molar refractivity (Wildman–Crippen MR) is 116 cm³/mol. The summed E-state index contributed by atoms with van der Waals surface area (Å²) in [6, 6.07) is 0. The normalized spacial score (nSPS) is 29.6. The van der Waals surface area contributed by atoms with E-state index in [-0.39, 0.29) is 0 Å². The largest absolute Gasteiger partial charge is 0.454 e. The highest BCUT2D eigenvalue weighted by atomic mass is 16.7. The zero-order valence-electron chi connectivity index (χ0n) is 19.2. The summed E-state index contributed by atoms with van der Waals surface area (Å²) in [6.45, 7) is 11.8. The van der Waals surface area contributed by atoms with E-state index < -0.39 is 55.0 Å². The summed E-state index contributed by atoms with van der Waals surface area (Å²) in [5.41, 5.74) is 1.07. The van der Waals surface area contributed by atoms with Crippen LogP contribution in [0.3, 0.4) is 0 Å². The smallest absolute Gasteiger partial charge is 0.303 e. The van der Waals surface area contributed by atoms with Gasteiger partial charge in [-0.2, -0.15) is 0 Å². The minimum absolute atomic E-state index is 0.467. The van der Waals surface area contributed by atoms with Crippen molar-refractivity contribution in [3.8, 4) is 0 Å². The molecule has 0 aromatic carbocycles. The van der Waals surface area contributed by atoms with Gasteiger partial charge in [-0.25, -0.2) is 0 Å². The number of aliphatic hydroxyl groups is 4. The van der Waals surface area contributed by atoms with E-state index in [1.807, 2.05) is 32.9 Å². The molecule has 0 aromatic heterocycles. The molecular formula is C23H38O8. The van der Waals surface area contributed by atoms with Crippen molar-refractivity contribution in [2.24, 2.45) is 0 Å². The van der Waals surface area contributed by atoms with Crippen molar-refractivity contribution in [1.82, 2.24) is 0 Å². The van der Waals surface area contributed by atoms with Gasteiger partial charge in [-0.05, 0) is 47.0 Å². The number of carbonyl (C=O) groups excluding carboxylic acids is 1. The number of rotatable bonds is 11. The van der Waals surface area contributed by atoms with Gasteiger partial charge in [0.25, 0.3) is 0 Å². The third-order valence-corrected chi connectivity index (χ3v) is 5.06. The van der Waals surface area contributed by atoms with Gasteiger partial charge in [-0.1, -0.05) is 29.4 Å². The van der Waals surface area contributed by atoms with E-state index in [1.165, 1.54) is 13.0 Å². The van der Waals surface area contributed by atoms with Crippen LogP contribution in [0.15, 0.2) is 36.0 Å². The van der Waals surface area contributed by atoms with Crippen LogP contribution in [0.2, 0.25) is 0 Å². The Morgan fingerprint density at radius 3 is 2.39 bits per heavy atom. The Labute approximate surface area is 184 Å². The third-order valence-electron chi connectivity index (χ3n) is 5.06. The van der Waals surface area contributed by atoms with Gasteiger partial charge >= 0.3 is 5.97 Å². The van der Waals surface area contributed by atoms with E-state index in [2.05, 4.69) is 6.58 Å². The Morgan fingerprint density at radius 1 is 1.23 bits per heavy atom. The highest BCUT2D eigenvalue weighted by Crippen LogP contribution is 2.27. The van der Waals surface area contributed by atoms with Crippen LogP contribution in [0, 0.1) is 0 Å². The molecule has 1 aliphatic rings. The lowest BCUT2D eigenvalue weighted by atomic mass is 9.98. The van der Waals surface area contributed by atoms with Gasteiger partial charge < -0.3 is 34.6 Å². The van der Waals surface area contributed by atoms with Crippen LogP contribution in [0.5, 0.6) is 0 Å². The maximum atomic E-state index is 11.5. The molecule has 1 saturated heterocycles. The predicted octanol–water partition coefficient (Wildman–Crippen LogP) is 1.76. The lowest BCUT2D eigenvalue weighted by Crippen LogP contribution is -2.60. The Balaban J connectivity index is 2.97. The molecule has 0 aliphatic carbocycles. The highest BCUT2D eigenvalue weighted by molar-refractivity contribution is 5.66. The summed E-state index contributed by atoms with van der Waals surface area (Å²) >= 11 is 0. The van der Waals surface area contributed by atoms with Gasteiger partial charge in [0.1, 0.15) is 18.3 Å². The molecule has 4 N–H and O–H groups in total. The molecule has 178 valence electrons. The first-order valence-electron chi connectivity index (χ1n) is 10.5. The Bertz CT molecular complexity index is 650. The van der Waals surface area contributed by atoms with Gasteiger partial charge in [0.15, 0.2) is 12.4 Å². The number of esters is 1. The summed E-state index contributed by atoms with van der Waals surface area (Å²) in [7, 11) is 0. The molecule has 0 aromatic rings. The lowest BCUT2D eigenvalue weighted by Gasteiger charge is -2.42. The van der Waals surface area contributed by atoms with E-state index in [4.69, 9.17) is 14.2 Å². The summed E-state index contributed by atoms with van der Waals surface area (Å²) < 4.78 is 16.8. The maximum Gasteiger partial charge on any atom is 0.303 e. The lowest BCUT2D eigenvalue weighted by molar-refractivity contribution is -0.310. The molecule has 8 heteroatoms. The van der Waals surface area contributed by atoms with E-state index in [0.717, 1.165) is 11.1 Å². The van der Waals surface area contributed by atoms with Gasteiger partial charge in [-0.3, -0.25) is 4.79 Å². The van der Waals surface area contributed by atoms with Crippen LogP contribution in [0.4, 0.5) is 0 Å². The number of allylic oxidation sites excluding steroid dienone is 2. The summed E-state index contributed by atoms with van der Waals surface area (Å²) in [4.78, 5) is 11.5. The number of ether oxygens (including phenoxy) is 3. The summed E-state index contributed by atoms with van der Waals surface area (Å²) in [5.74, 6) is -0.653. The second-order valence-corrected chi connectivity index (χ2v) is 8.55. The van der Waals surface area contributed by atoms with Crippen molar-refractivity contribution in [3.05, 3.63) is 36.0 Å². The number of carbonyl (C=O) groups is 1. The zero-order chi connectivity index (χ0) is 23.8. The standard InChI is InChI=1S/C23H38O8/c1-7-23(6,28)10-8-9-15(4)12-17(11-14(2)3)30-22-21(29-16(5)25)20(27)19(26)18(13-24)31-22/h7,9,11,17-22,24,26-28H,1,8,10,12-13H2,2-6H3/b15-9+/t17-,18-,19-,20+,21-,22-,23+/m1/s1. The van der Waals surface area contributed by atoms with Crippen LogP contribution in [-0.4, -0.2) is 75.4 Å². The highest BCUT2D eigenvalue weighted by Gasteiger charge is 2.47. The third kappa shape index (κ3) is 9.22. The second-order valence-electron chi connectivity index (χ2n) is 8.55. The molecule has 0 bridgehead atoms.